The van der Waals surface area contributed by atoms with Gasteiger partial charge in [-0.05, 0) is 50.2 Å². The Bertz CT molecular complexity index is 1160. The number of nitrogen functional groups attached to an aromatic ring is 1. The summed E-state index contributed by atoms with van der Waals surface area (Å²) in [5.74, 6) is 1.40. The first-order chi connectivity index (χ1) is 22.0. The smallest absolute Gasteiger partial charge is 0.320 e. The Kier molecular flexibility index (Phi) is 16.4. The van der Waals surface area contributed by atoms with Crippen LogP contribution in [0.3, 0.4) is 0 Å². The molecule has 0 aliphatic carbocycles. The van der Waals surface area contributed by atoms with Gasteiger partial charge in [-0.25, -0.2) is 0 Å². The number of hydrogen-bond acceptors (Lipinski definition) is 12. The lowest BCUT2D eigenvalue weighted by atomic mass is 10.1. The minimum Gasteiger partial charge on any atom is -0.492 e. The molecular weight excluding hydrogens is 574 g/mol. The van der Waals surface area contributed by atoms with Gasteiger partial charge in [0.1, 0.15) is 24.8 Å². The number of benzene rings is 1. The molecular formula is C33H53N7O5. The number of esters is 1. The molecule has 2 aromatic rings. The first kappa shape index (κ1) is 36.0. The highest BCUT2D eigenvalue weighted by Crippen LogP contribution is 2.33. The van der Waals surface area contributed by atoms with Crippen LogP contribution in [0, 0.1) is 0 Å². The van der Waals surface area contributed by atoms with Crippen LogP contribution in [0.1, 0.15) is 57.4 Å². The molecule has 0 spiro atoms. The maximum atomic E-state index is 11.5. The summed E-state index contributed by atoms with van der Waals surface area (Å²) in [7, 11) is 3.07. The summed E-state index contributed by atoms with van der Waals surface area (Å²) < 4.78 is 21.9. The van der Waals surface area contributed by atoms with Gasteiger partial charge in [0.25, 0.3) is 0 Å². The van der Waals surface area contributed by atoms with Crippen molar-refractivity contribution < 1.29 is 23.7 Å². The lowest BCUT2D eigenvalue weighted by Gasteiger charge is -2.34. The van der Waals surface area contributed by atoms with Crippen LogP contribution >= 0.6 is 0 Å². The topological polar surface area (TPSA) is 128 Å². The van der Waals surface area contributed by atoms with E-state index in [1.807, 2.05) is 29.2 Å². The third-order valence-corrected chi connectivity index (χ3v) is 7.86. The number of anilines is 2. The Hall–Kier alpha value is -3.48. The Morgan fingerprint density at radius 3 is 2.42 bits per heavy atom. The summed E-state index contributed by atoms with van der Waals surface area (Å²) in [6, 6.07) is 7.93. The number of ether oxygens (including phenoxy) is 4. The van der Waals surface area contributed by atoms with Gasteiger partial charge in [0.2, 0.25) is 0 Å². The molecule has 12 heteroatoms. The highest BCUT2D eigenvalue weighted by Gasteiger charge is 2.19. The maximum Gasteiger partial charge on any atom is 0.320 e. The number of carbonyl (C=O) groups is 1. The van der Waals surface area contributed by atoms with Crippen molar-refractivity contribution in [1.29, 1.82) is 0 Å². The van der Waals surface area contributed by atoms with E-state index in [2.05, 4.69) is 38.4 Å². The average molecular weight is 628 g/mol. The molecule has 0 atom stereocenters. The van der Waals surface area contributed by atoms with Crippen LogP contribution in [0.5, 0.6) is 11.8 Å². The van der Waals surface area contributed by atoms with E-state index in [4.69, 9.17) is 24.7 Å². The van der Waals surface area contributed by atoms with E-state index in [0.717, 1.165) is 82.8 Å². The minimum atomic E-state index is -0.247. The van der Waals surface area contributed by atoms with Crippen molar-refractivity contribution in [1.82, 2.24) is 19.8 Å². The molecule has 0 radical (unpaired) electrons. The Balaban J connectivity index is 1.30. The number of rotatable bonds is 22. The standard InChI is InChI=1S/C33H53N7O5/c1-5-6-22-45-33-36-31(34)30(35-2)32(37-33)40(26-42-3)16-11-9-7-8-10-15-38-17-19-39(20-18-38)21-23-44-28-14-12-13-27(24-28)25-29(41)43-4/h12-14,24H,2,5-11,15-23,25-26H2,1,3-4H3,(H2,34,36,37). The average Bonchev–Trinajstić information content (AvgIpc) is 3.04. The van der Waals surface area contributed by atoms with Crippen molar-refractivity contribution in [2.45, 2.75) is 58.3 Å². The van der Waals surface area contributed by atoms with Gasteiger partial charge < -0.3 is 34.5 Å². The molecule has 3 rings (SSSR count). The van der Waals surface area contributed by atoms with Gasteiger partial charge in [-0.3, -0.25) is 14.7 Å². The van der Waals surface area contributed by atoms with Crippen LogP contribution in [-0.4, -0.2) is 112 Å². The summed E-state index contributed by atoms with van der Waals surface area (Å²) in [4.78, 5) is 31.5. The molecule has 2 N–H and O–H groups in total. The predicted molar refractivity (Wildman–Crippen MR) is 179 cm³/mol. The monoisotopic (exact) mass is 627 g/mol. The van der Waals surface area contributed by atoms with Gasteiger partial charge in [0.05, 0.1) is 20.1 Å². The fraction of sp³-hybridized carbons (Fsp3) is 0.636. The summed E-state index contributed by atoms with van der Waals surface area (Å²) in [5.41, 5.74) is 7.52. The fourth-order valence-electron chi connectivity index (χ4n) is 5.25. The number of aliphatic imine (C=N–C) groups is 1. The molecule has 0 amide bonds. The zero-order valence-corrected chi connectivity index (χ0v) is 27.5. The zero-order chi connectivity index (χ0) is 32.3. The molecule has 0 unspecified atom stereocenters. The molecule has 250 valence electrons. The van der Waals surface area contributed by atoms with E-state index in [0.29, 0.717) is 31.4 Å². The molecule has 1 aromatic heterocycles. The van der Waals surface area contributed by atoms with Gasteiger partial charge in [0, 0.05) is 46.4 Å². The highest BCUT2D eigenvalue weighted by molar-refractivity contribution is 5.75. The second-order valence-electron chi connectivity index (χ2n) is 11.3. The second-order valence-corrected chi connectivity index (χ2v) is 11.3. The van der Waals surface area contributed by atoms with E-state index in [1.165, 1.54) is 26.4 Å². The molecule has 1 aromatic carbocycles. The quantitative estimate of drug-likeness (QED) is 0.0867. The maximum absolute atomic E-state index is 11.5. The number of nitrogens with zero attached hydrogens (tertiary/aromatic N) is 6. The SMILES string of the molecule is C=Nc1c(N)nc(OCCCC)nc1N(CCCCCCCN1CCN(CCOc2cccc(CC(=O)OC)c2)CC1)COC. The number of carbonyl (C=O) groups excluding carboxylic acids is 1. The lowest BCUT2D eigenvalue weighted by Crippen LogP contribution is -2.47. The molecule has 12 nitrogen and oxygen atoms in total. The van der Waals surface area contributed by atoms with Crippen molar-refractivity contribution in [3.05, 3.63) is 29.8 Å². The van der Waals surface area contributed by atoms with Crippen molar-refractivity contribution in [3.8, 4) is 11.8 Å². The fourth-order valence-corrected chi connectivity index (χ4v) is 5.25. The highest BCUT2D eigenvalue weighted by atomic mass is 16.5. The van der Waals surface area contributed by atoms with Crippen LogP contribution in [0.2, 0.25) is 0 Å². The minimum absolute atomic E-state index is 0.247. The van der Waals surface area contributed by atoms with Crippen LogP contribution in [-0.2, 0) is 20.7 Å². The molecule has 2 heterocycles. The number of piperazine rings is 1. The first-order valence-electron chi connectivity index (χ1n) is 16.2. The number of unbranched alkanes of at least 4 members (excludes halogenated alkanes) is 5. The van der Waals surface area contributed by atoms with Crippen LogP contribution in [0.25, 0.3) is 0 Å². The Morgan fingerprint density at radius 1 is 0.978 bits per heavy atom. The molecule has 1 saturated heterocycles. The van der Waals surface area contributed by atoms with Crippen molar-refractivity contribution >= 4 is 30.0 Å². The summed E-state index contributed by atoms with van der Waals surface area (Å²) in [5, 5.41) is 0. The van der Waals surface area contributed by atoms with Crippen LogP contribution in [0.4, 0.5) is 17.3 Å². The van der Waals surface area contributed by atoms with Crippen molar-refractivity contribution in [2.75, 3.05) is 90.6 Å². The first-order valence-corrected chi connectivity index (χ1v) is 16.2. The molecule has 0 saturated carbocycles. The van der Waals surface area contributed by atoms with E-state index in [1.54, 1.807) is 7.11 Å². The Labute approximate surface area is 268 Å². The largest absolute Gasteiger partial charge is 0.492 e. The summed E-state index contributed by atoms with van der Waals surface area (Å²) in [6.07, 6.45) is 7.93. The van der Waals surface area contributed by atoms with Gasteiger partial charge in [-0.1, -0.05) is 44.7 Å². The number of nitrogens with two attached hydrogens (primary N) is 1. The Morgan fingerprint density at radius 2 is 1.71 bits per heavy atom. The van der Waals surface area contributed by atoms with Crippen molar-refractivity contribution in [2.24, 2.45) is 4.99 Å². The van der Waals surface area contributed by atoms with Crippen LogP contribution in [0.15, 0.2) is 29.3 Å². The molecule has 1 aliphatic heterocycles. The normalized spacial score (nSPS) is 13.8. The van der Waals surface area contributed by atoms with Crippen LogP contribution < -0.4 is 20.1 Å². The van der Waals surface area contributed by atoms with Gasteiger partial charge >= 0.3 is 12.0 Å². The second kappa shape index (κ2) is 20.5. The summed E-state index contributed by atoms with van der Waals surface area (Å²) in [6.45, 7) is 14.4. The molecule has 1 aliphatic rings. The molecule has 1 fully saturated rings. The third-order valence-electron chi connectivity index (χ3n) is 7.86. The van der Waals surface area contributed by atoms with E-state index >= 15 is 0 Å². The lowest BCUT2D eigenvalue weighted by molar-refractivity contribution is -0.139. The number of hydrogen-bond donors (Lipinski definition) is 1. The number of aromatic nitrogens is 2. The van der Waals surface area contributed by atoms with Gasteiger partial charge in [-0.2, -0.15) is 9.97 Å². The van der Waals surface area contributed by atoms with E-state index in [-0.39, 0.29) is 24.2 Å². The molecule has 45 heavy (non-hydrogen) atoms. The predicted octanol–water partition coefficient (Wildman–Crippen LogP) is 4.34. The van der Waals surface area contributed by atoms with Gasteiger partial charge in [-0.15, -0.1) is 0 Å². The van der Waals surface area contributed by atoms with E-state index in [9.17, 15) is 4.79 Å². The summed E-state index contributed by atoms with van der Waals surface area (Å²) >= 11 is 0. The zero-order valence-electron chi connectivity index (χ0n) is 27.5. The van der Waals surface area contributed by atoms with Gasteiger partial charge in [0.15, 0.2) is 11.6 Å². The molecule has 0 bridgehead atoms. The number of methoxy groups -OCH3 is 2. The third kappa shape index (κ3) is 12.8. The van der Waals surface area contributed by atoms with Crippen molar-refractivity contribution in [3.63, 3.8) is 0 Å². The van der Waals surface area contributed by atoms with E-state index < -0.39 is 0 Å².